The molecule has 18 heavy (non-hydrogen) atoms. The molecule has 2 N–H and O–H groups in total. The van der Waals surface area contributed by atoms with Gasteiger partial charge in [-0.2, -0.15) is 0 Å². The number of ether oxygens (including phenoxy) is 1. The SMILES string of the molecule is CCCC(C)C(N)C1(OCC)CCC(C)(C)CC1. The molecule has 2 atom stereocenters. The fourth-order valence-corrected chi connectivity index (χ4v) is 3.36. The summed E-state index contributed by atoms with van der Waals surface area (Å²) in [5.74, 6) is 0.558. The minimum Gasteiger partial charge on any atom is -0.374 e. The highest BCUT2D eigenvalue weighted by molar-refractivity contribution is 4.99. The molecule has 0 aromatic rings. The van der Waals surface area contributed by atoms with Gasteiger partial charge < -0.3 is 10.5 Å². The smallest absolute Gasteiger partial charge is 0.0835 e. The molecule has 1 rings (SSSR count). The van der Waals surface area contributed by atoms with Crippen LogP contribution < -0.4 is 5.73 Å². The van der Waals surface area contributed by atoms with Crippen LogP contribution in [0.15, 0.2) is 0 Å². The highest BCUT2D eigenvalue weighted by Gasteiger charge is 2.44. The van der Waals surface area contributed by atoms with Crippen LogP contribution in [0.5, 0.6) is 0 Å². The van der Waals surface area contributed by atoms with E-state index in [0.717, 1.165) is 19.4 Å². The Kier molecular flexibility index (Phi) is 5.67. The molecule has 0 aliphatic heterocycles. The van der Waals surface area contributed by atoms with E-state index in [1.165, 1.54) is 25.7 Å². The van der Waals surface area contributed by atoms with Gasteiger partial charge in [-0.25, -0.2) is 0 Å². The Hall–Kier alpha value is -0.0800. The zero-order chi connectivity index (χ0) is 13.8. The van der Waals surface area contributed by atoms with Crippen LogP contribution in [-0.4, -0.2) is 18.2 Å². The van der Waals surface area contributed by atoms with Gasteiger partial charge in [-0.05, 0) is 50.4 Å². The summed E-state index contributed by atoms with van der Waals surface area (Å²) in [7, 11) is 0. The Morgan fingerprint density at radius 1 is 1.11 bits per heavy atom. The second-order valence-electron chi connectivity index (χ2n) is 6.95. The van der Waals surface area contributed by atoms with E-state index in [0.29, 0.717) is 11.3 Å². The Morgan fingerprint density at radius 2 is 1.67 bits per heavy atom. The highest BCUT2D eigenvalue weighted by Crippen LogP contribution is 2.44. The lowest BCUT2D eigenvalue weighted by molar-refractivity contribution is -0.108. The molecule has 0 radical (unpaired) electrons. The summed E-state index contributed by atoms with van der Waals surface area (Å²) in [4.78, 5) is 0. The van der Waals surface area contributed by atoms with Gasteiger partial charge in [-0.1, -0.05) is 34.1 Å². The average molecular weight is 255 g/mol. The summed E-state index contributed by atoms with van der Waals surface area (Å²) in [5.41, 5.74) is 6.97. The van der Waals surface area contributed by atoms with E-state index >= 15 is 0 Å². The lowest BCUT2D eigenvalue weighted by Gasteiger charge is -2.48. The van der Waals surface area contributed by atoms with Crippen molar-refractivity contribution in [3.05, 3.63) is 0 Å². The van der Waals surface area contributed by atoms with Crippen LogP contribution in [0.3, 0.4) is 0 Å². The molecular formula is C16H33NO. The van der Waals surface area contributed by atoms with Crippen molar-refractivity contribution in [3.8, 4) is 0 Å². The standard InChI is InChI=1S/C16H33NO/c1-6-8-13(3)14(17)16(18-7-2)11-9-15(4,5)10-12-16/h13-14H,6-12,17H2,1-5H3. The van der Waals surface area contributed by atoms with Crippen LogP contribution in [0.2, 0.25) is 0 Å². The van der Waals surface area contributed by atoms with E-state index in [9.17, 15) is 0 Å². The monoisotopic (exact) mass is 255 g/mol. The van der Waals surface area contributed by atoms with Gasteiger partial charge in [-0.15, -0.1) is 0 Å². The fourth-order valence-electron chi connectivity index (χ4n) is 3.36. The Morgan fingerprint density at radius 3 is 2.11 bits per heavy atom. The average Bonchev–Trinajstić information content (AvgIpc) is 2.32. The molecule has 0 amide bonds. The second kappa shape index (κ2) is 6.38. The predicted octanol–water partition coefficient (Wildman–Crippen LogP) is 4.13. The van der Waals surface area contributed by atoms with Gasteiger partial charge in [0.15, 0.2) is 0 Å². The molecule has 2 unspecified atom stereocenters. The van der Waals surface area contributed by atoms with Crippen molar-refractivity contribution in [1.29, 1.82) is 0 Å². The van der Waals surface area contributed by atoms with Crippen LogP contribution in [0.25, 0.3) is 0 Å². The summed E-state index contributed by atoms with van der Waals surface area (Å²) in [5, 5.41) is 0. The molecule has 1 fully saturated rings. The molecule has 0 aromatic carbocycles. The van der Waals surface area contributed by atoms with Gasteiger partial charge in [0, 0.05) is 12.6 Å². The number of nitrogens with two attached hydrogens (primary N) is 1. The second-order valence-corrected chi connectivity index (χ2v) is 6.95. The van der Waals surface area contributed by atoms with E-state index in [-0.39, 0.29) is 11.6 Å². The van der Waals surface area contributed by atoms with Crippen LogP contribution in [0, 0.1) is 11.3 Å². The quantitative estimate of drug-likeness (QED) is 0.774. The Balaban J connectivity index is 2.75. The summed E-state index contributed by atoms with van der Waals surface area (Å²) in [6.07, 6.45) is 7.15. The topological polar surface area (TPSA) is 35.2 Å². The van der Waals surface area contributed by atoms with Crippen LogP contribution in [0.4, 0.5) is 0 Å². The molecule has 1 aliphatic rings. The number of rotatable bonds is 6. The molecule has 108 valence electrons. The first kappa shape index (κ1) is 16.0. The van der Waals surface area contributed by atoms with E-state index in [4.69, 9.17) is 10.5 Å². The van der Waals surface area contributed by atoms with Crippen LogP contribution in [-0.2, 0) is 4.74 Å². The third kappa shape index (κ3) is 3.71. The maximum atomic E-state index is 6.56. The minimum atomic E-state index is -0.0567. The van der Waals surface area contributed by atoms with Crippen molar-refractivity contribution in [3.63, 3.8) is 0 Å². The highest BCUT2D eigenvalue weighted by atomic mass is 16.5. The number of hydrogen-bond acceptors (Lipinski definition) is 2. The molecule has 1 saturated carbocycles. The van der Waals surface area contributed by atoms with Crippen LogP contribution >= 0.6 is 0 Å². The van der Waals surface area contributed by atoms with Gasteiger partial charge in [0.2, 0.25) is 0 Å². The predicted molar refractivity (Wildman–Crippen MR) is 78.7 cm³/mol. The first-order valence-corrected chi connectivity index (χ1v) is 7.76. The maximum absolute atomic E-state index is 6.56. The van der Waals surface area contributed by atoms with Crippen molar-refractivity contribution in [2.24, 2.45) is 17.1 Å². The molecule has 0 saturated heterocycles. The van der Waals surface area contributed by atoms with Gasteiger partial charge in [0.25, 0.3) is 0 Å². The summed E-state index contributed by atoms with van der Waals surface area (Å²) < 4.78 is 6.17. The third-order valence-electron chi connectivity index (χ3n) is 4.85. The molecule has 2 nitrogen and oxygen atoms in total. The number of hydrogen-bond donors (Lipinski definition) is 1. The Bertz CT molecular complexity index is 239. The van der Waals surface area contributed by atoms with Gasteiger partial charge in [0.1, 0.15) is 0 Å². The molecule has 0 bridgehead atoms. The molecule has 2 heteroatoms. The third-order valence-corrected chi connectivity index (χ3v) is 4.85. The lowest BCUT2D eigenvalue weighted by atomic mass is 9.66. The van der Waals surface area contributed by atoms with Crippen molar-refractivity contribution in [2.75, 3.05) is 6.61 Å². The van der Waals surface area contributed by atoms with Crippen molar-refractivity contribution >= 4 is 0 Å². The molecule has 0 heterocycles. The van der Waals surface area contributed by atoms with Gasteiger partial charge in [-0.3, -0.25) is 0 Å². The molecule has 0 aromatic heterocycles. The van der Waals surface area contributed by atoms with E-state index < -0.39 is 0 Å². The lowest BCUT2D eigenvalue weighted by Crippen LogP contribution is -2.56. The van der Waals surface area contributed by atoms with E-state index in [1.54, 1.807) is 0 Å². The van der Waals surface area contributed by atoms with Gasteiger partial charge >= 0.3 is 0 Å². The summed E-state index contributed by atoms with van der Waals surface area (Å²) >= 11 is 0. The first-order chi connectivity index (χ1) is 8.37. The first-order valence-electron chi connectivity index (χ1n) is 7.76. The van der Waals surface area contributed by atoms with Crippen molar-refractivity contribution in [1.82, 2.24) is 0 Å². The summed E-state index contributed by atoms with van der Waals surface area (Å²) in [6.45, 7) is 12.1. The Labute approximate surface area is 114 Å². The van der Waals surface area contributed by atoms with E-state index in [2.05, 4.69) is 34.6 Å². The normalized spacial score (nSPS) is 25.7. The largest absolute Gasteiger partial charge is 0.374 e. The van der Waals surface area contributed by atoms with Crippen molar-refractivity contribution in [2.45, 2.75) is 84.8 Å². The summed E-state index contributed by atoms with van der Waals surface area (Å²) in [6, 6.07) is 0.188. The van der Waals surface area contributed by atoms with Crippen molar-refractivity contribution < 1.29 is 4.74 Å². The molecule has 0 spiro atoms. The zero-order valence-corrected chi connectivity index (χ0v) is 13.1. The van der Waals surface area contributed by atoms with Gasteiger partial charge in [0.05, 0.1) is 5.60 Å². The minimum absolute atomic E-state index is 0.0567. The van der Waals surface area contributed by atoms with Crippen LogP contribution in [0.1, 0.15) is 73.1 Å². The van der Waals surface area contributed by atoms with E-state index in [1.807, 2.05) is 0 Å². The molecular weight excluding hydrogens is 222 g/mol. The fraction of sp³-hybridized carbons (Fsp3) is 1.00. The zero-order valence-electron chi connectivity index (χ0n) is 13.1. The maximum Gasteiger partial charge on any atom is 0.0835 e. The molecule has 1 aliphatic carbocycles.